The smallest absolute Gasteiger partial charge is 0.270 e. The molecule has 1 fully saturated rings. The second kappa shape index (κ2) is 8.21. The summed E-state index contributed by atoms with van der Waals surface area (Å²) in [7, 11) is 0. The summed E-state index contributed by atoms with van der Waals surface area (Å²) < 4.78 is 0. The summed E-state index contributed by atoms with van der Waals surface area (Å²) in [5.74, 6) is -0.0261. The standard InChI is InChI=1S/C25H34N4O/c1-5-21-23(29-13-10-18(2)16-22(29)27-21)24(30)26-17-19-6-8-20(9-7-19)28-14-11-25(3,4)12-15-28/h6-10,13,16,22,27H,5,11-12,14-15,17H2,1-4H3,(H,26,30). The molecular formula is C25H34N4O. The van der Waals surface area contributed by atoms with Gasteiger partial charge in [-0.1, -0.05) is 32.9 Å². The van der Waals surface area contributed by atoms with Gasteiger partial charge >= 0.3 is 0 Å². The zero-order valence-electron chi connectivity index (χ0n) is 18.7. The summed E-state index contributed by atoms with van der Waals surface area (Å²) in [5.41, 5.74) is 5.79. The average Bonchev–Trinajstić information content (AvgIpc) is 3.10. The van der Waals surface area contributed by atoms with E-state index < -0.39 is 0 Å². The molecule has 3 aliphatic rings. The van der Waals surface area contributed by atoms with Crippen LogP contribution in [0.2, 0.25) is 0 Å². The van der Waals surface area contributed by atoms with Crippen LogP contribution in [-0.4, -0.2) is 30.1 Å². The van der Waals surface area contributed by atoms with Gasteiger partial charge in [-0.3, -0.25) is 4.79 Å². The average molecular weight is 407 g/mol. The van der Waals surface area contributed by atoms with E-state index in [2.05, 4.69) is 73.6 Å². The van der Waals surface area contributed by atoms with Crippen LogP contribution in [0.4, 0.5) is 5.69 Å². The predicted molar refractivity (Wildman–Crippen MR) is 122 cm³/mol. The second-order valence-corrected chi connectivity index (χ2v) is 9.40. The number of nitrogens with one attached hydrogen (secondary N) is 2. The lowest BCUT2D eigenvalue weighted by Gasteiger charge is -2.38. The molecule has 1 aromatic rings. The van der Waals surface area contributed by atoms with Gasteiger partial charge in [0.25, 0.3) is 5.91 Å². The second-order valence-electron chi connectivity index (χ2n) is 9.40. The highest BCUT2D eigenvalue weighted by Gasteiger charge is 2.33. The molecule has 0 aromatic heterocycles. The predicted octanol–water partition coefficient (Wildman–Crippen LogP) is 4.26. The van der Waals surface area contributed by atoms with E-state index in [0.717, 1.165) is 36.5 Å². The summed E-state index contributed by atoms with van der Waals surface area (Å²) in [6.07, 6.45) is 9.50. The molecule has 1 amide bonds. The summed E-state index contributed by atoms with van der Waals surface area (Å²) in [4.78, 5) is 17.5. The van der Waals surface area contributed by atoms with E-state index in [1.165, 1.54) is 24.1 Å². The Bertz CT molecular complexity index is 884. The van der Waals surface area contributed by atoms with Crippen LogP contribution in [0, 0.1) is 5.41 Å². The van der Waals surface area contributed by atoms with E-state index in [-0.39, 0.29) is 12.1 Å². The van der Waals surface area contributed by atoms with Crippen molar-refractivity contribution < 1.29 is 4.79 Å². The topological polar surface area (TPSA) is 47.6 Å². The Hall–Kier alpha value is -2.69. The first-order chi connectivity index (χ1) is 14.4. The normalized spacial score (nSPS) is 22.5. The molecule has 160 valence electrons. The third kappa shape index (κ3) is 4.25. The fourth-order valence-corrected chi connectivity index (χ4v) is 4.39. The lowest BCUT2D eigenvalue weighted by molar-refractivity contribution is -0.118. The molecule has 1 aromatic carbocycles. The minimum atomic E-state index is -0.0261. The largest absolute Gasteiger partial charge is 0.371 e. The molecular weight excluding hydrogens is 372 g/mol. The molecule has 0 radical (unpaired) electrons. The molecule has 0 spiro atoms. The molecule has 30 heavy (non-hydrogen) atoms. The lowest BCUT2D eigenvalue weighted by atomic mass is 9.82. The molecule has 1 unspecified atom stereocenters. The van der Waals surface area contributed by atoms with Crippen LogP contribution in [-0.2, 0) is 11.3 Å². The number of nitrogens with zero attached hydrogens (tertiary/aromatic N) is 2. The van der Waals surface area contributed by atoms with Gasteiger partial charge in [0.2, 0.25) is 0 Å². The first kappa shape index (κ1) is 20.6. The van der Waals surface area contributed by atoms with Crippen LogP contribution in [0.15, 0.2) is 59.6 Å². The highest BCUT2D eigenvalue weighted by Crippen LogP contribution is 2.32. The summed E-state index contributed by atoms with van der Waals surface area (Å²) >= 11 is 0. The Morgan fingerprint density at radius 2 is 1.90 bits per heavy atom. The van der Waals surface area contributed by atoms with Crippen LogP contribution in [0.25, 0.3) is 0 Å². The number of amides is 1. The Morgan fingerprint density at radius 3 is 2.57 bits per heavy atom. The first-order valence-corrected chi connectivity index (χ1v) is 11.1. The molecule has 4 rings (SSSR count). The molecule has 0 bridgehead atoms. The number of carbonyl (C=O) groups is 1. The van der Waals surface area contributed by atoms with Crippen LogP contribution in [0.1, 0.15) is 52.5 Å². The van der Waals surface area contributed by atoms with Gasteiger partial charge in [0, 0.05) is 37.2 Å². The van der Waals surface area contributed by atoms with E-state index >= 15 is 0 Å². The van der Waals surface area contributed by atoms with Gasteiger partial charge in [0.05, 0.1) is 0 Å². The van der Waals surface area contributed by atoms with Gasteiger partial charge in [-0.15, -0.1) is 0 Å². The number of hydrogen-bond acceptors (Lipinski definition) is 4. The number of allylic oxidation sites excluding steroid dienone is 3. The summed E-state index contributed by atoms with van der Waals surface area (Å²) in [5, 5.41) is 6.58. The van der Waals surface area contributed by atoms with E-state index in [4.69, 9.17) is 0 Å². The highest BCUT2D eigenvalue weighted by atomic mass is 16.2. The zero-order chi connectivity index (χ0) is 21.3. The first-order valence-electron chi connectivity index (χ1n) is 11.1. The van der Waals surface area contributed by atoms with Crippen molar-refractivity contribution in [1.82, 2.24) is 15.5 Å². The Balaban J connectivity index is 1.37. The number of anilines is 1. The SMILES string of the molecule is CCC1=C(C(=O)NCc2ccc(N3CCC(C)(C)CC3)cc2)N2C=CC(C)=CC2N1. The monoisotopic (exact) mass is 406 g/mol. The fraction of sp³-hybridized carbons (Fsp3) is 0.480. The van der Waals surface area contributed by atoms with E-state index in [0.29, 0.717) is 12.0 Å². The maximum Gasteiger partial charge on any atom is 0.270 e. The summed E-state index contributed by atoms with van der Waals surface area (Å²) in [6.45, 7) is 11.6. The number of carbonyl (C=O) groups excluding carboxylic acids is 1. The van der Waals surface area contributed by atoms with Gasteiger partial charge in [0.1, 0.15) is 11.9 Å². The minimum Gasteiger partial charge on any atom is -0.371 e. The molecule has 1 atom stereocenters. The van der Waals surface area contributed by atoms with Crippen molar-refractivity contribution in [1.29, 1.82) is 0 Å². The maximum atomic E-state index is 13.0. The van der Waals surface area contributed by atoms with Crippen LogP contribution >= 0.6 is 0 Å². The summed E-state index contributed by atoms with van der Waals surface area (Å²) in [6, 6.07) is 8.63. The van der Waals surface area contributed by atoms with Gasteiger partial charge in [0.15, 0.2) is 0 Å². The van der Waals surface area contributed by atoms with Crippen molar-refractivity contribution in [2.45, 2.75) is 59.7 Å². The van der Waals surface area contributed by atoms with Crippen molar-refractivity contribution in [3.8, 4) is 0 Å². The van der Waals surface area contributed by atoms with E-state index in [1.54, 1.807) is 0 Å². The molecule has 2 N–H and O–H groups in total. The minimum absolute atomic E-state index is 0.0261. The molecule has 0 saturated carbocycles. The van der Waals surface area contributed by atoms with Crippen molar-refractivity contribution in [3.63, 3.8) is 0 Å². The van der Waals surface area contributed by atoms with Gasteiger partial charge in [-0.2, -0.15) is 0 Å². The van der Waals surface area contributed by atoms with Crippen molar-refractivity contribution in [2.75, 3.05) is 18.0 Å². The Kier molecular flexibility index (Phi) is 5.63. The quantitative estimate of drug-likeness (QED) is 0.767. The third-order valence-electron chi connectivity index (χ3n) is 6.52. The van der Waals surface area contributed by atoms with E-state index in [9.17, 15) is 4.79 Å². The number of rotatable bonds is 5. The Morgan fingerprint density at radius 1 is 1.20 bits per heavy atom. The molecule has 3 aliphatic heterocycles. The number of fused-ring (bicyclic) bond motifs is 1. The van der Waals surface area contributed by atoms with Gasteiger partial charge < -0.3 is 20.4 Å². The third-order valence-corrected chi connectivity index (χ3v) is 6.52. The lowest BCUT2D eigenvalue weighted by Crippen LogP contribution is -2.37. The van der Waals surface area contributed by atoms with E-state index in [1.807, 2.05) is 17.2 Å². The molecule has 5 heteroatoms. The fourth-order valence-electron chi connectivity index (χ4n) is 4.39. The molecule has 0 aliphatic carbocycles. The molecule has 3 heterocycles. The van der Waals surface area contributed by atoms with Crippen molar-refractivity contribution in [3.05, 3.63) is 65.1 Å². The maximum absolute atomic E-state index is 13.0. The van der Waals surface area contributed by atoms with Gasteiger partial charge in [-0.05, 0) is 67.0 Å². The molecule has 5 nitrogen and oxygen atoms in total. The van der Waals surface area contributed by atoms with Gasteiger partial charge in [-0.25, -0.2) is 0 Å². The van der Waals surface area contributed by atoms with Crippen molar-refractivity contribution in [2.24, 2.45) is 5.41 Å². The zero-order valence-corrected chi connectivity index (χ0v) is 18.7. The highest BCUT2D eigenvalue weighted by molar-refractivity contribution is 5.94. The molecule has 1 saturated heterocycles. The number of hydrogen-bond donors (Lipinski definition) is 2. The van der Waals surface area contributed by atoms with Crippen LogP contribution in [0.5, 0.6) is 0 Å². The Labute approximate surface area is 180 Å². The van der Waals surface area contributed by atoms with Crippen LogP contribution in [0.3, 0.4) is 0 Å². The number of benzene rings is 1. The van der Waals surface area contributed by atoms with Crippen molar-refractivity contribution >= 4 is 11.6 Å². The number of piperidine rings is 1. The van der Waals surface area contributed by atoms with Crippen LogP contribution < -0.4 is 15.5 Å².